The third-order valence-corrected chi connectivity index (χ3v) is 1.75. The number of pyridine rings is 1. The monoisotopic (exact) mass is 164 g/mol. The van der Waals surface area contributed by atoms with Crippen LogP contribution in [0.5, 0.6) is 0 Å². The highest BCUT2D eigenvalue weighted by molar-refractivity contribution is 5.91. The molecule has 2 amide bonds. The van der Waals surface area contributed by atoms with E-state index in [1.807, 2.05) is 0 Å². The fourth-order valence-corrected chi connectivity index (χ4v) is 1.12. The molecule has 3 N–H and O–H groups in total. The Labute approximate surface area is 69.2 Å². The first-order valence-corrected chi connectivity index (χ1v) is 3.53. The van der Waals surface area contributed by atoms with Gasteiger partial charge >= 0.3 is 6.03 Å². The van der Waals surface area contributed by atoms with Crippen molar-refractivity contribution in [2.24, 2.45) is 5.84 Å². The van der Waals surface area contributed by atoms with Crippen molar-refractivity contribution < 1.29 is 4.79 Å². The molecule has 0 fully saturated rings. The largest absolute Gasteiger partial charge is 0.336 e. The van der Waals surface area contributed by atoms with Gasteiger partial charge in [0.2, 0.25) is 0 Å². The van der Waals surface area contributed by atoms with Crippen LogP contribution >= 0.6 is 0 Å². The number of amides is 2. The van der Waals surface area contributed by atoms with Crippen molar-refractivity contribution in [3.63, 3.8) is 0 Å². The molecular formula is C7H8N4O. The number of anilines is 1. The topological polar surface area (TPSA) is 71.2 Å². The van der Waals surface area contributed by atoms with E-state index < -0.39 is 0 Å². The predicted molar refractivity (Wildman–Crippen MR) is 43.0 cm³/mol. The summed E-state index contributed by atoms with van der Waals surface area (Å²) in [5, 5.41) is 3.75. The molecule has 0 aliphatic carbocycles. The van der Waals surface area contributed by atoms with Crippen molar-refractivity contribution in [1.82, 2.24) is 9.99 Å². The molecule has 5 nitrogen and oxygen atoms in total. The van der Waals surface area contributed by atoms with Gasteiger partial charge in [-0.15, -0.1) is 0 Å². The summed E-state index contributed by atoms with van der Waals surface area (Å²) in [4.78, 5) is 15.0. The molecule has 1 aromatic heterocycles. The summed E-state index contributed by atoms with van der Waals surface area (Å²) in [5.74, 6) is 5.39. The minimum Gasteiger partial charge on any atom is -0.306 e. The SMILES string of the molecule is NN1Cc2cnccc2NC1=O. The molecular weight excluding hydrogens is 156 g/mol. The van der Waals surface area contributed by atoms with Crippen molar-refractivity contribution in [2.45, 2.75) is 6.54 Å². The van der Waals surface area contributed by atoms with Crippen molar-refractivity contribution in [2.75, 3.05) is 5.32 Å². The second-order valence-corrected chi connectivity index (χ2v) is 2.59. The number of carbonyl (C=O) groups excluding carboxylic acids is 1. The minimum absolute atomic E-state index is 0.284. The van der Waals surface area contributed by atoms with E-state index in [4.69, 9.17) is 5.84 Å². The number of hydrogen-bond donors (Lipinski definition) is 2. The Hall–Kier alpha value is -1.62. The van der Waals surface area contributed by atoms with Gasteiger partial charge < -0.3 is 5.32 Å². The number of urea groups is 1. The van der Waals surface area contributed by atoms with Crippen molar-refractivity contribution in [3.05, 3.63) is 24.0 Å². The fourth-order valence-electron chi connectivity index (χ4n) is 1.12. The fraction of sp³-hybridized carbons (Fsp3) is 0.143. The lowest BCUT2D eigenvalue weighted by Gasteiger charge is -2.24. The number of hydrazine groups is 1. The quantitative estimate of drug-likeness (QED) is 0.428. The lowest BCUT2D eigenvalue weighted by molar-refractivity contribution is 0.208. The molecule has 0 aromatic carbocycles. The van der Waals surface area contributed by atoms with Gasteiger partial charge in [0.25, 0.3) is 0 Å². The Kier molecular flexibility index (Phi) is 1.44. The first-order chi connectivity index (χ1) is 5.77. The molecule has 0 radical (unpaired) electrons. The number of hydrogen-bond acceptors (Lipinski definition) is 3. The van der Waals surface area contributed by atoms with Crippen molar-refractivity contribution in [1.29, 1.82) is 0 Å². The molecule has 0 atom stereocenters. The summed E-state index contributed by atoms with van der Waals surface area (Å²) >= 11 is 0. The van der Waals surface area contributed by atoms with Crippen LogP contribution in [0.1, 0.15) is 5.56 Å². The van der Waals surface area contributed by atoms with Crippen molar-refractivity contribution in [3.8, 4) is 0 Å². The Bertz CT molecular complexity index is 325. The van der Waals surface area contributed by atoms with Gasteiger partial charge in [-0.1, -0.05) is 0 Å². The Balaban J connectivity index is 2.40. The van der Waals surface area contributed by atoms with Gasteiger partial charge in [0.05, 0.1) is 12.2 Å². The van der Waals surface area contributed by atoms with Crippen LogP contribution in [0.15, 0.2) is 18.5 Å². The summed E-state index contributed by atoms with van der Waals surface area (Å²) in [6.45, 7) is 0.412. The van der Waals surface area contributed by atoms with Gasteiger partial charge in [-0.05, 0) is 6.07 Å². The zero-order valence-corrected chi connectivity index (χ0v) is 6.32. The molecule has 2 heterocycles. The van der Waals surface area contributed by atoms with E-state index >= 15 is 0 Å². The molecule has 0 spiro atoms. The second kappa shape index (κ2) is 2.46. The second-order valence-electron chi connectivity index (χ2n) is 2.59. The van der Waals surface area contributed by atoms with Crippen LogP contribution in [0.4, 0.5) is 10.5 Å². The number of rotatable bonds is 0. The molecule has 1 aliphatic rings. The Morgan fingerprint density at radius 3 is 3.33 bits per heavy atom. The van der Waals surface area contributed by atoms with Gasteiger partial charge in [0, 0.05) is 18.0 Å². The maximum absolute atomic E-state index is 11.0. The third-order valence-electron chi connectivity index (χ3n) is 1.75. The van der Waals surface area contributed by atoms with Crippen LogP contribution in [0.2, 0.25) is 0 Å². The molecule has 62 valence electrons. The van der Waals surface area contributed by atoms with Crippen LogP contribution in [0.25, 0.3) is 0 Å². The Morgan fingerprint density at radius 1 is 1.67 bits per heavy atom. The number of aromatic nitrogens is 1. The molecule has 1 aromatic rings. The molecule has 0 unspecified atom stereocenters. The van der Waals surface area contributed by atoms with E-state index in [0.717, 1.165) is 16.3 Å². The molecule has 12 heavy (non-hydrogen) atoms. The molecule has 0 saturated heterocycles. The van der Waals surface area contributed by atoms with E-state index in [1.165, 1.54) is 0 Å². The number of carbonyl (C=O) groups is 1. The van der Waals surface area contributed by atoms with Crippen LogP contribution in [0.3, 0.4) is 0 Å². The summed E-state index contributed by atoms with van der Waals surface area (Å²) in [5.41, 5.74) is 1.72. The first-order valence-electron chi connectivity index (χ1n) is 3.53. The number of nitrogens with zero attached hydrogens (tertiary/aromatic N) is 2. The molecule has 1 aliphatic heterocycles. The highest BCUT2D eigenvalue weighted by Crippen LogP contribution is 2.19. The van der Waals surface area contributed by atoms with Crippen LogP contribution in [-0.2, 0) is 6.54 Å². The van der Waals surface area contributed by atoms with Gasteiger partial charge in [-0.3, -0.25) is 9.99 Å². The minimum atomic E-state index is -0.284. The van der Waals surface area contributed by atoms with E-state index in [-0.39, 0.29) is 6.03 Å². The molecule has 0 bridgehead atoms. The zero-order valence-electron chi connectivity index (χ0n) is 6.32. The smallest absolute Gasteiger partial charge is 0.306 e. The zero-order chi connectivity index (χ0) is 8.55. The van der Waals surface area contributed by atoms with Gasteiger partial charge in [-0.2, -0.15) is 0 Å². The maximum atomic E-state index is 11.0. The van der Waals surface area contributed by atoms with Crippen LogP contribution in [-0.4, -0.2) is 16.0 Å². The lowest BCUT2D eigenvalue weighted by atomic mass is 10.2. The summed E-state index contributed by atoms with van der Waals surface area (Å²) < 4.78 is 0. The third kappa shape index (κ3) is 0.998. The molecule has 0 saturated carbocycles. The van der Waals surface area contributed by atoms with Crippen LogP contribution < -0.4 is 11.2 Å². The average molecular weight is 164 g/mol. The summed E-state index contributed by atoms with van der Waals surface area (Å²) in [6, 6.07) is 1.47. The van der Waals surface area contributed by atoms with Gasteiger partial charge in [0.1, 0.15) is 0 Å². The number of nitrogens with one attached hydrogen (secondary N) is 1. The van der Waals surface area contributed by atoms with E-state index in [1.54, 1.807) is 18.5 Å². The summed E-state index contributed by atoms with van der Waals surface area (Å²) in [6.07, 6.45) is 3.32. The van der Waals surface area contributed by atoms with Gasteiger partial charge in [-0.25, -0.2) is 10.6 Å². The van der Waals surface area contributed by atoms with Gasteiger partial charge in [0.15, 0.2) is 0 Å². The first kappa shape index (κ1) is 7.05. The number of nitrogens with two attached hydrogens (primary N) is 1. The summed E-state index contributed by atoms with van der Waals surface area (Å²) in [7, 11) is 0. The van der Waals surface area contributed by atoms with E-state index in [2.05, 4.69) is 10.3 Å². The Morgan fingerprint density at radius 2 is 2.50 bits per heavy atom. The number of fused-ring (bicyclic) bond motifs is 1. The highest BCUT2D eigenvalue weighted by Gasteiger charge is 2.18. The van der Waals surface area contributed by atoms with Crippen LogP contribution in [0, 0.1) is 0 Å². The standard InChI is InChI=1S/C7H8N4O/c8-11-4-5-3-9-2-1-6(5)10-7(11)12/h1-3H,4,8H2,(H,10,12). The average Bonchev–Trinajstić information content (AvgIpc) is 2.07. The molecule has 2 rings (SSSR count). The predicted octanol–water partition coefficient (Wildman–Crippen LogP) is 0.303. The maximum Gasteiger partial charge on any atom is 0.336 e. The lowest BCUT2D eigenvalue weighted by Crippen LogP contribution is -2.43. The van der Waals surface area contributed by atoms with E-state index in [9.17, 15) is 4.79 Å². The van der Waals surface area contributed by atoms with E-state index in [0.29, 0.717) is 6.54 Å². The normalized spacial score (nSPS) is 15.4. The van der Waals surface area contributed by atoms with Crippen molar-refractivity contribution >= 4 is 11.7 Å². The highest BCUT2D eigenvalue weighted by atomic mass is 16.2. The molecule has 5 heteroatoms.